The topological polar surface area (TPSA) is 100 Å². The van der Waals surface area contributed by atoms with Gasteiger partial charge in [-0.1, -0.05) is 32.3 Å². The average molecular weight is 516 g/mol. The maximum absolute atomic E-state index is 13.7. The number of carbonyl (C=O) groups is 1. The first-order chi connectivity index (χ1) is 17.2. The van der Waals surface area contributed by atoms with E-state index >= 15 is 0 Å². The van der Waals surface area contributed by atoms with Crippen molar-refractivity contribution in [2.45, 2.75) is 63.0 Å². The highest BCUT2D eigenvalue weighted by molar-refractivity contribution is 7.89. The molecule has 9 heteroatoms. The lowest BCUT2D eigenvalue weighted by Crippen LogP contribution is -2.50. The molecule has 0 unspecified atom stereocenters. The predicted octanol–water partition coefficient (Wildman–Crippen LogP) is 3.56. The third kappa shape index (κ3) is 5.58. The summed E-state index contributed by atoms with van der Waals surface area (Å²) in [6, 6.07) is 8.20. The number of aromatic nitrogens is 1. The molecule has 3 atom stereocenters. The van der Waals surface area contributed by atoms with Crippen LogP contribution < -0.4 is 4.74 Å². The third-order valence-corrected chi connectivity index (χ3v) is 9.48. The number of rotatable bonds is 6. The predicted molar refractivity (Wildman–Crippen MR) is 138 cm³/mol. The minimum Gasteiger partial charge on any atom is -0.487 e. The Bertz CT molecular complexity index is 1150. The molecular formula is C27H37N3O5S. The summed E-state index contributed by atoms with van der Waals surface area (Å²) in [6.07, 6.45) is 8.13. The molecule has 8 nitrogen and oxygen atoms in total. The molecule has 4 rings (SSSR count). The van der Waals surface area contributed by atoms with E-state index in [1.807, 2.05) is 26.1 Å². The van der Waals surface area contributed by atoms with Gasteiger partial charge >= 0.3 is 0 Å². The largest absolute Gasteiger partial charge is 0.487 e. The van der Waals surface area contributed by atoms with Gasteiger partial charge in [0, 0.05) is 43.9 Å². The van der Waals surface area contributed by atoms with Crippen LogP contribution in [0.1, 0.15) is 46.0 Å². The fourth-order valence-electron chi connectivity index (χ4n) is 5.19. The fraction of sp³-hybridized carbons (Fsp3) is 0.556. The summed E-state index contributed by atoms with van der Waals surface area (Å²) >= 11 is 0. The highest BCUT2D eigenvalue weighted by atomic mass is 32.2. The van der Waals surface area contributed by atoms with E-state index in [0.717, 1.165) is 36.8 Å². The van der Waals surface area contributed by atoms with E-state index in [1.165, 1.54) is 10.7 Å². The Labute approximate surface area is 214 Å². The van der Waals surface area contributed by atoms with Gasteiger partial charge in [-0.05, 0) is 55.2 Å². The summed E-state index contributed by atoms with van der Waals surface area (Å²) in [4.78, 5) is 19.0. The second-order valence-electron chi connectivity index (χ2n) is 10.2. The van der Waals surface area contributed by atoms with Crippen LogP contribution in [0.4, 0.5) is 0 Å². The first-order valence-electron chi connectivity index (χ1n) is 12.8. The van der Waals surface area contributed by atoms with Gasteiger partial charge in [-0.25, -0.2) is 8.42 Å². The molecule has 2 aromatic rings. The maximum atomic E-state index is 13.7. The Morgan fingerprint density at radius 3 is 2.53 bits per heavy atom. The number of nitrogens with zero attached hydrogens (tertiary/aromatic N) is 3. The van der Waals surface area contributed by atoms with Crippen LogP contribution in [-0.2, 0) is 14.8 Å². The van der Waals surface area contributed by atoms with Gasteiger partial charge < -0.3 is 14.7 Å². The minimum absolute atomic E-state index is 0.0458. The van der Waals surface area contributed by atoms with Gasteiger partial charge in [0.05, 0.1) is 13.2 Å². The van der Waals surface area contributed by atoms with E-state index < -0.39 is 22.2 Å². The molecule has 2 heterocycles. The summed E-state index contributed by atoms with van der Waals surface area (Å²) in [5.41, 5.74) is 1.71. The van der Waals surface area contributed by atoms with Crippen molar-refractivity contribution < 1.29 is 23.1 Å². The number of fused-ring (bicyclic) bond motifs is 1. The molecule has 1 aromatic heterocycles. The fourth-order valence-corrected chi connectivity index (χ4v) is 7.01. The number of sulfonamides is 1. The maximum Gasteiger partial charge on any atom is 0.247 e. The molecular weight excluding hydrogens is 478 g/mol. The van der Waals surface area contributed by atoms with Gasteiger partial charge in [-0.2, -0.15) is 4.31 Å². The smallest absolute Gasteiger partial charge is 0.247 e. The summed E-state index contributed by atoms with van der Waals surface area (Å²) in [6.45, 7) is 3.89. The Hall–Kier alpha value is -2.49. The van der Waals surface area contributed by atoms with E-state index in [0.29, 0.717) is 6.54 Å². The number of amides is 1. The van der Waals surface area contributed by atoms with Crippen molar-refractivity contribution in [2.75, 3.05) is 26.7 Å². The summed E-state index contributed by atoms with van der Waals surface area (Å²) < 4.78 is 35.2. The monoisotopic (exact) mass is 515 g/mol. The molecule has 1 amide bonds. The number of benzene rings is 1. The molecule has 1 aromatic carbocycles. The molecule has 1 N–H and O–H groups in total. The molecule has 36 heavy (non-hydrogen) atoms. The summed E-state index contributed by atoms with van der Waals surface area (Å²) in [5, 5.41) is 9.84. The number of carbonyl (C=O) groups excluding carboxylic acids is 1. The van der Waals surface area contributed by atoms with E-state index in [-0.39, 0.29) is 41.5 Å². The second kappa shape index (κ2) is 11.3. The Morgan fingerprint density at radius 1 is 1.17 bits per heavy atom. The standard InChI is InChI=1S/C27H37N3O5S/c1-19-16-30(20(2)18-31)36(33,34)26-10-9-23(21-11-13-28-14-12-21)15-24(26)35-25(19)17-29(3)27(32)22-7-5-4-6-8-22/h9-15,19-20,22,25,31H,4-8,16-18H2,1-3H3/t19-,20-,25-/m1/s1. The molecule has 0 spiro atoms. The van der Waals surface area contributed by atoms with Crippen molar-refractivity contribution in [1.29, 1.82) is 0 Å². The summed E-state index contributed by atoms with van der Waals surface area (Å²) in [5.74, 6) is 0.221. The van der Waals surface area contributed by atoms with Gasteiger partial charge in [0.25, 0.3) is 0 Å². The first-order valence-corrected chi connectivity index (χ1v) is 14.2. The van der Waals surface area contributed by atoms with Crippen LogP contribution >= 0.6 is 0 Å². The van der Waals surface area contributed by atoms with Gasteiger partial charge in [-0.3, -0.25) is 9.78 Å². The van der Waals surface area contributed by atoms with Crippen molar-refractivity contribution in [3.05, 3.63) is 42.7 Å². The zero-order valence-corrected chi connectivity index (χ0v) is 22.2. The normalized spacial score (nSPS) is 23.6. The van der Waals surface area contributed by atoms with E-state index in [9.17, 15) is 18.3 Å². The van der Waals surface area contributed by atoms with Crippen molar-refractivity contribution in [3.63, 3.8) is 0 Å². The molecule has 1 saturated carbocycles. The lowest BCUT2D eigenvalue weighted by molar-refractivity contribution is -0.136. The van der Waals surface area contributed by atoms with Crippen LogP contribution in [0.5, 0.6) is 5.75 Å². The van der Waals surface area contributed by atoms with E-state index in [2.05, 4.69) is 4.98 Å². The van der Waals surface area contributed by atoms with Crippen LogP contribution in [0, 0.1) is 11.8 Å². The molecule has 2 aliphatic rings. The quantitative estimate of drug-likeness (QED) is 0.632. The van der Waals surface area contributed by atoms with Gasteiger partial charge in [-0.15, -0.1) is 0 Å². The van der Waals surface area contributed by atoms with Crippen LogP contribution in [0.15, 0.2) is 47.6 Å². The minimum atomic E-state index is -3.92. The van der Waals surface area contributed by atoms with Gasteiger partial charge in [0.1, 0.15) is 16.7 Å². The molecule has 1 aliphatic heterocycles. The van der Waals surface area contributed by atoms with Crippen molar-refractivity contribution in [1.82, 2.24) is 14.2 Å². The highest BCUT2D eigenvalue weighted by Gasteiger charge is 2.39. The number of pyridine rings is 1. The molecule has 0 radical (unpaired) electrons. The Balaban J connectivity index is 1.70. The third-order valence-electron chi connectivity index (χ3n) is 7.47. The molecule has 1 aliphatic carbocycles. The Morgan fingerprint density at radius 2 is 1.86 bits per heavy atom. The number of ether oxygens (including phenoxy) is 1. The SMILES string of the molecule is C[C@@H]1CN([C@H](C)CO)S(=O)(=O)c2ccc(-c3ccncc3)cc2O[C@@H]1CN(C)C(=O)C1CCCCC1. The van der Waals surface area contributed by atoms with Gasteiger partial charge in [0.2, 0.25) is 15.9 Å². The lowest BCUT2D eigenvalue weighted by Gasteiger charge is -2.38. The van der Waals surface area contributed by atoms with Gasteiger partial charge in [0.15, 0.2) is 0 Å². The van der Waals surface area contributed by atoms with Crippen molar-refractivity contribution in [3.8, 4) is 16.9 Å². The average Bonchev–Trinajstić information content (AvgIpc) is 2.90. The highest BCUT2D eigenvalue weighted by Crippen LogP contribution is 2.36. The number of likely N-dealkylation sites (N-methyl/N-ethyl adjacent to an activating group) is 1. The van der Waals surface area contributed by atoms with Crippen LogP contribution in [0.25, 0.3) is 11.1 Å². The van der Waals surface area contributed by atoms with Crippen LogP contribution in [0.2, 0.25) is 0 Å². The lowest BCUT2D eigenvalue weighted by atomic mass is 9.88. The first kappa shape index (κ1) is 26.6. The number of hydrogen-bond acceptors (Lipinski definition) is 6. The van der Waals surface area contributed by atoms with E-state index in [1.54, 1.807) is 42.4 Å². The molecule has 1 fully saturated rings. The molecule has 196 valence electrons. The number of hydrogen-bond donors (Lipinski definition) is 1. The molecule has 0 bridgehead atoms. The molecule has 0 saturated heterocycles. The van der Waals surface area contributed by atoms with E-state index in [4.69, 9.17) is 4.74 Å². The summed E-state index contributed by atoms with van der Waals surface area (Å²) in [7, 11) is -2.11. The number of aliphatic hydroxyl groups excluding tert-OH is 1. The van der Waals surface area contributed by atoms with Crippen LogP contribution in [0.3, 0.4) is 0 Å². The second-order valence-corrected chi connectivity index (χ2v) is 12.0. The van der Waals surface area contributed by atoms with Crippen molar-refractivity contribution >= 4 is 15.9 Å². The number of aliphatic hydroxyl groups is 1. The van der Waals surface area contributed by atoms with Crippen molar-refractivity contribution in [2.24, 2.45) is 11.8 Å². The zero-order valence-electron chi connectivity index (χ0n) is 21.3. The zero-order chi connectivity index (χ0) is 25.9. The Kier molecular flexibility index (Phi) is 8.32. The van der Waals surface area contributed by atoms with Crippen LogP contribution in [-0.4, -0.2) is 72.5 Å².